The molecule has 0 saturated carbocycles. The quantitative estimate of drug-likeness (QED) is 0.679. The van der Waals surface area contributed by atoms with Gasteiger partial charge in [0.25, 0.3) is 0 Å². The van der Waals surface area contributed by atoms with Crippen LogP contribution in [0.25, 0.3) is 0 Å². The van der Waals surface area contributed by atoms with Gasteiger partial charge in [-0.2, -0.15) is 0 Å². The Morgan fingerprint density at radius 2 is 2.33 bits per heavy atom. The minimum atomic E-state index is -0.289. The van der Waals surface area contributed by atoms with Gasteiger partial charge in [0.05, 0.1) is 0 Å². The molecular weight excluding hydrogens is 176 g/mol. The average molecular weight is 191 g/mol. The minimum absolute atomic E-state index is 0.106. The first-order valence-electron chi connectivity index (χ1n) is 3.83. The Kier molecular flexibility index (Phi) is 5.76. The highest BCUT2D eigenvalue weighted by molar-refractivity contribution is 6.25. The highest BCUT2D eigenvalue weighted by Crippen LogP contribution is 1.95. The first kappa shape index (κ1) is 11.5. The van der Waals surface area contributed by atoms with Crippen LogP contribution in [0, 0.1) is 0 Å². The van der Waals surface area contributed by atoms with Gasteiger partial charge in [-0.1, -0.05) is 11.6 Å². The number of nitrogens with one attached hydrogen (secondary N) is 1. The van der Waals surface area contributed by atoms with Gasteiger partial charge in [-0.05, 0) is 19.4 Å². The lowest BCUT2D eigenvalue weighted by molar-refractivity contribution is -0.118. The second-order valence-corrected chi connectivity index (χ2v) is 3.13. The summed E-state index contributed by atoms with van der Waals surface area (Å²) in [7, 11) is 0. The summed E-state index contributed by atoms with van der Waals surface area (Å²) in [6.45, 7) is 4.52. The van der Waals surface area contributed by atoms with E-state index in [-0.39, 0.29) is 11.9 Å². The lowest BCUT2D eigenvalue weighted by Crippen LogP contribution is -2.31. The zero-order valence-corrected chi connectivity index (χ0v) is 8.19. The van der Waals surface area contributed by atoms with Crippen molar-refractivity contribution in [2.24, 2.45) is 5.73 Å². The van der Waals surface area contributed by atoms with Crippen LogP contribution in [-0.2, 0) is 4.79 Å². The lowest BCUT2D eigenvalue weighted by atomic mass is 10.2. The summed E-state index contributed by atoms with van der Waals surface area (Å²) in [4.78, 5) is 10.5. The van der Waals surface area contributed by atoms with Crippen molar-refractivity contribution in [2.75, 3.05) is 6.54 Å². The van der Waals surface area contributed by atoms with Crippen molar-refractivity contribution in [3.63, 3.8) is 0 Å². The summed E-state index contributed by atoms with van der Waals surface area (Å²) < 4.78 is 0. The predicted octanol–water partition coefficient (Wildman–Crippen LogP) is 0.982. The van der Waals surface area contributed by atoms with E-state index in [1.807, 2.05) is 13.8 Å². The Labute approximate surface area is 78.0 Å². The van der Waals surface area contributed by atoms with E-state index >= 15 is 0 Å². The fraction of sp³-hybridized carbons (Fsp3) is 0.625. The zero-order chi connectivity index (χ0) is 9.56. The van der Waals surface area contributed by atoms with Crippen LogP contribution in [0.2, 0.25) is 0 Å². The van der Waals surface area contributed by atoms with Gasteiger partial charge < -0.3 is 11.1 Å². The fourth-order valence-corrected chi connectivity index (χ4v) is 0.825. The van der Waals surface area contributed by atoms with Gasteiger partial charge in [0.1, 0.15) is 0 Å². The van der Waals surface area contributed by atoms with Crippen molar-refractivity contribution in [2.45, 2.75) is 26.3 Å². The van der Waals surface area contributed by atoms with Crippen LogP contribution >= 0.6 is 11.6 Å². The summed E-state index contributed by atoms with van der Waals surface area (Å²) in [5.74, 6) is -0.289. The van der Waals surface area contributed by atoms with Gasteiger partial charge in [0, 0.05) is 24.5 Å². The van der Waals surface area contributed by atoms with Crippen molar-refractivity contribution >= 4 is 17.5 Å². The third kappa shape index (κ3) is 6.19. The maximum Gasteiger partial charge on any atom is 0.218 e. The molecular formula is C8H15ClN2O. The summed E-state index contributed by atoms with van der Waals surface area (Å²) in [6, 6.07) is 0.106. The molecule has 3 nitrogen and oxygen atoms in total. The number of carbonyl (C=O) groups excluding carboxylic acids is 1. The molecule has 0 aliphatic heterocycles. The van der Waals surface area contributed by atoms with Gasteiger partial charge in [0.2, 0.25) is 5.91 Å². The standard InChI is InChI=1S/C8H15ClN2O/c1-6(4-9)5-11-7(2)3-8(10)12/h4,7,11H,3,5H2,1-2H3,(H2,10,12). The van der Waals surface area contributed by atoms with E-state index in [9.17, 15) is 4.79 Å². The molecule has 1 amide bonds. The van der Waals surface area contributed by atoms with E-state index in [2.05, 4.69) is 5.32 Å². The molecule has 4 heteroatoms. The van der Waals surface area contributed by atoms with Gasteiger partial charge in [-0.15, -0.1) is 0 Å². The Morgan fingerprint density at radius 3 is 2.75 bits per heavy atom. The Balaban J connectivity index is 3.57. The molecule has 0 saturated heterocycles. The smallest absolute Gasteiger partial charge is 0.218 e. The van der Waals surface area contributed by atoms with E-state index < -0.39 is 0 Å². The molecule has 0 heterocycles. The summed E-state index contributed by atoms with van der Waals surface area (Å²) >= 11 is 5.45. The van der Waals surface area contributed by atoms with Crippen molar-refractivity contribution in [1.29, 1.82) is 0 Å². The number of carbonyl (C=O) groups is 1. The molecule has 0 fully saturated rings. The summed E-state index contributed by atoms with van der Waals surface area (Å²) in [6.07, 6.45) is 0.357. The Bertz CT molecular complexity index is 180. The van der Waals surface area contributed by atoms with E-state index in [1.165, 1.54) is 5.54 Å². The molecule has 0 aliphatic carbocycles. The molecule has 0 aromatic rings. The van der Waals surface area contributed by atoms with Crippen LogP contribution in [0.5, 0.6) is 0 Å². The second kappa shape index (κ2) is 6.03. The van der Waals surface area contributed by atoms with Crippen molar-refractivity contribution in [3.8, 4) is 0 Å². The number of nitrogens with two attached hydrogens (primary N) is 1. The predicted molar refractivity (Wildman–Crippen MR) is 50.9 cm³/mol. The molecule has 12 heavy (non-hydrogen) atoms. The first-order valence-corrected chi connectivity index (χ1v) is 4.27. The molecule has 0 aromatic heterocycles. The van der Waals surface area contributed by atoms with E-state index in [0.29, 0.717) is 13.0 Å². The molecule has 1 atom stereocenters. The number of hydrogen-bond acceptors (Lipinski definition) is 2. The van der Waals surface area contributed by atoms with Crippen molar-refractivity contribution < 1.29 is 4.79 Å². The van der Waals surface area contributed by atoms with Gasteiger partial charge in [-0.3, -0.25) is 4.79 Å². The van der Waals surface area contributed by atoms with Crippen LogP contribution in [-0.4, -0.2) is 18.5 Å². The molecule has 0 radical (unpaired) electrons. The molecule has 0 bridgehead atoms. The highest BCUT2D eigenvalue weighted by atomic mass is 35.5. The van der Waals surface area contributed by atoms with Crippen LogP contribution in [0.15, 0.2) is 11.1 Å². The Hall–Kier alpha value is -0.540. The number of rotatable bonds is 5. The Morgan fingerprint density at radius 1 is 1.75 bits per heavy atom. The summed E-state index contributed by atoms with van der Waals surface area (Å²) in [5.41, 5.74) is 7.57. The number of primary amides is 1. The second-order valence-electron chi connectivity index (χ2n) is 2.91. The third-order valence-corrected chi connectivity index (χ3v) is 1.80. The molecule has 0 aliphatic rings. The molecule has 1 unspecified atom stereocenters. The number of hydrogen-bond donors (Lipinski definition) is 2. The largest absolute Gasteiger partial charge is 0.370 e. The summed E-state index contributed by atoms with van der Waals surface area (Å²) in [5, 5.41) is 3.11. The first-order chi connectivity index (χ1) is 5.56. The monoisotopic (exact) mass is 190 g/mol. The SMILES string of the molecule is CC(=CCl)CNC(C)CC(N)=O. The normalized spacial score (nSPS) is 14.4. The van der Waals surface area contributed by atoms with Crippen LogP contribution in [0.1, 0.15) is 20.3 Å². The van der Waals surface area contributed by atoms with Crippen LogP contribution in [0.4, 0.5) is 0 Å². The lowest BCUT2D eigenvalue weighted by Gasteiger charge is -2.11. The van der Waals surface area contributed by atoms with Crippen LogP contribution < -0.4 is 11.1 Å². The van der Waals surface area contributed by atoms with E-state index in [1.54, 1.807) is 0 Å². The molecule has 0 aromatic carbocycles. The maximum atomic E-state index is 10.5. The molecule has 3 N–H and O–H groups in total. The fourth-order valence-electron chi connectivity index (χ4n) is 0.748. The topological polar surface area (TPSA) is 55.1 Å². The average Bonchev–Trinajstić information content (AvgIpc) is 1.99. The minimum Gasteiger partial charge on any atom is -0.370 e. The zero-order valence-electron chi connectivity index (χ0n) is 7.43. The van der Waals surface area contributed by atoms with Crippen LogP contribution in [0.3, 0.4) is 0 Å². The van der Waals surface area contributed by atoms with Gasteiger partial charge >= 0.3 is 0 Å². The number of amides is 1. The van der Waals surface area contributed by atoms with E-state index in [0.717, 1.165) is 5.57 Å². The molecule has 70 valence electrons. The van der Waals surface area contributed by atoms with Gasteiger partial charge in [0.15, 0.2) is 0 Å². The molecule has 0 rings (SSSR count). The van der Waals surface area contributed by atoms with Gasteiger partial charge in [-0.25, -0.2) is 0 Å². The maximum absolute atomic E-state index is 10.5. The third-order valence-electron chi connectivity index (χ3n) is 1.42. The highest BCUT2D eigenvalue weighted by Gasteiger charge is 2.04. The number of halogens is 1. The van der Waals surface area contributed by atoms with Crippen molar-refractivity contribution in [3.05, 3.63) is 11.1 Å². The molecule has 0 spiro atoms. The van der Waals surface area contributed by atoms with Crippen molar-refractivity contribution in [1.82, 2.24) is 5.32 Å². The van der Waals surface area contributed by atoms with E-state index in [4.69, 9.17) is 17.3 Å².